The van der Waals surface area contributed by atoms with E-state index in [1.165, 1.54) is 12.1 Å². The second-order valence-electron chi connectivity index (χ2n) is 4.61. The first-order valence-corrected chi connectivity index (χ1v) is 6.56. The summed E-state index contributed by atoms with van der Waals surface area (Å²) < 4.78 is 19.9. The fraction of sp³-hybridized carbons (Fsp3) is 0.200. The molecule has 3 rings (SSSR count). The first-order chi connectivity index (χ1) is 10.7. The zero-order chi connectivity index (χ0) is 15.5. The monoisotopic (exact) mass is 297 g/mol. The number of aryl methyl sites for hydroxylation is 1. The molecule has 110 valence electrons. The lowest BCUT2D eigenvalue weighted by molar-refractivity contribution is 0.358. The van der Waals surface area contributed by atoms with E-state index in [0.29, 0.717) is 29.4 Å². The van der Waals surface area contributed by atoms with Gasteiger partial charge in [0, 0.05) is 0 Å². The van der Waals surface area contributed by atoms with Crippen molar-refractivity contribution in [3.05, 3.63) is 41.5 Å². The van der Waals surface area contributed by atoms with Gasteiger partial charge in [-0.3, -0.25) is 0 Å². The van der Waals surface area contributed by atoms with Crippen LogP contribution >= 0.6 is 0 Å². The number of nitrogens with zero attached hydrogens (tertiary/aromatic N) is 5. The van der Waals surface area contributed by atoms with Gasteiger partial charge in [-0.05, 0) is 24.6 Å². The van der Waals surface area contributed by atoms with Crippen LogP contribution in [0, 0.1) is 25.1 Å². The molecule has 0 saturated heterocycles. The van der Waals surface area contributed by atoms with Crippen molar-refractivity contribution in [1.29, 1.82) is 0 Å². The summed E-state index contributed by atoms with van der Waals surface area (Å²) in [7, 11) is 0. The lowest BCUT2D eigenvalue weighted by Gasteiger charge is -2.05. The molecule has 0 amide bonds. The number of rotatable bonds is 4. The lowest BCUT2D eigenvalue weighted by atomic mass is 10.2. The van der Waals surface area contributed by atoms with Crippen molar-refractivity contribution in [2.24, 2.45) is 0 Å². The van der Waals surface area contributed by atoms with Gasteiger partial charge in [-0.1, -0.05) is 23.3 Å². The van der Waals surface area contributed by atoms with Gasteiger partial charge < -0.3 is 4.74 Å². The maximum absolute atomic E-state index is 13.0. The summed E-state index contributed by atoms with van der Waals surface area (Å²) in [6.07, 6.45) is 5.19. The summed E-state index contributed by atoms with van der Waals surface area (Å²) in [4.78, 5) is 8.52. The van der Waals surface area contributed by atoms with E-state index in [4.69, 9.17) is 11.2 Å². The molecule has 22 heavy (non-hydrogen) atoms. The van der Waals surface area contributed by atoms with Gasteiger partial charge in [-0.2, -0.15) is 4.98 Å². The van der Waals surface area contributed by atoms with Gasteiger partial charge in [0.05, 0.1) is 6.54 Å². The Kier molecular flexibility index (Phi) is 3.66. The normalized spacial score (nSPS) is 10.6. The maximum Gasteiger partial charge on any atom is 0.248 e. The molecular formula is C15H12FN5O. The molecule has 0 N–H and O–H groups in total. The average molecular weight is 297 g/mol. The largest absolute Gasteiger partial charge is 0.463 e. The lowest BCUT2D eigenvalue weighted by Crippen LogP contribution is -2.05. The Bertz CT molecular complexity index is 851. The van der Waals surface area contributed by atoms with Crippen molar-refractivity contribution in [2.45, 2.75) is 13.5 Å². The number of hydrogen-bond acceptors (Lipinski definition) is 5. The summed E-state index contributed by atoms with van der Waals surface area (Å²) in [5, 5.41) is 8.11. The average Bonchev–Trinajstić information content (AvgIpc) is 2.90. The zero-order valence-electron chi connectivity index (χ0n) is 11.8. The van der Waals surface area contributed by atoms with E-state index >= 15 is 0 Å². The maximum atomic E-state index is 13.0. The van der Waals surface area contributed by atoms with Crippen LogP contribution in [0.5, 0.6) is 5.88 Å². The number of benzene rings is 1. The van der Waals surface area contributed by atoms with Crippen LogP contribution < -0.4 is 4.74 Å². The molecule has 0 fully saturated rings. The van der Waals surface area contributed by atoms with E-state index in [-0.39, 0.29) is 12.4 Å². The van der Waals surface area contributed by atoms with Gasteiger partial charge in [0.15, 0.2) is 17.8 Å². The smallest absolute Gasteiger partial charge is 0.248 e. The SMILES string of the molecule is C#CCOc1nc(C)nc2c1nnn2Cc1ccc(F)cc1. The Morgan fingerprint density at radius 1 is 1.27 bits per heavy atom. The molecule has 0 spiro atoms. The molecule has 0 aliphatic rings. The van der Waals surface area contributed by atoms with E-state index in [1.54, 1.807) is 23.7 Å². The topological polar surface area (TPSA) is 65.7 Å². The van der Waals surface area contributed by atoms with Crippen LogP contribution in [0.2, 0.25) is 0 Å². The fourth-order valence-corrected chi connectivity index (χ4v) is 2.02. The first kappa shape index (κ1) is 13.9. The molecule has 2 aromatic heterocycles. The zero-order valence-corrected chi connectivity index (χ0v) is 11.8. The second-order valence-corrected chi connectivity index (χ2v) is 4.61. The van der Waals surface area contributed by atoms with Crippen molar-refractivity contribution in [2.75, 3.05) is 6.61 Å². The van der Waals surface area contributed by atoms with E-state index in [2.05, 4.69) is 26.2 Å². The highest BCUT2D eigenvalue weighted by atomic mass is 19.1. The minimum absolute atomic E-state index is 0.0936. The Morgan fingerprint density at radius 2 is 2.05 bits per heavy atom. The van der Waals surface area contributed by atoms with Crippen molar-refractivity contribution in [3.63, 3.8) is 0 Å². The van der Waals surface area contributed by atoms with Crippen molar-refractivity contribution >= 4 is 11.2 Å². The second kappa shape index (κ2) is 5.77. The van der Waals surface area contributed by atoms with Crippen molar-refractivity contribution < 1.29 is 9.13 Å². The van der Waals surface area contributed by atoms with E-state index in [9.17, 15) is 4.39 Å². The molecule has 0 aliphatic heterocycles. The Hall–Kier alpha value is -3.01. The third kappa shape index (κ3) is 2.72. The molecule has 0 unspecified atom stereocenters. The van der Waals surface area contributed by atoms with Crippen molar-refractivity contribution in [3.8, 4) is 18.2 Å². The number of aromatic nitrogens is 5. The molecule has 0 saturated carbocycles. The van der Waals surface area contributed by atoms with Crippen LogP contribution in [0.25, 0.3) is 11.2 Å². The number of fused-ring (bicyclic) bond motifs is 1. The summed E-state index contributed by atoms with van der Waals surface area (Å²) in [6, 6.07) is 6.17. The van der Waals surface area contributed by atoms with Crippen LogP contribution in [0.4, 0.5) is 4.39 Å². The third-order valence-electron chi connectivity index (χ3n) is 2.98. The Morgan fingerprint density at radius 3 is 2.77 bits per heavy atom. The van der Waals surface area contributed by atoms with Gasteiger partial charge in [0.25, 0.3) is 0 Å². The summed E-state index contributed by atoms with van der Waals surface area (Å²) in [6.45, 7) is 2.26. The van der Waals surface area contributed by atoms with Crippen LogP contribution in [0.3, 0.4) is 0 Å². The number of terminal acetylenes is 1. The Balaban J connectivity index is 1.99. The molecule has 3 aromatic rings. The van der Waals surface area contributed by atoms with Gasteiger partial charge >= 0.3 is 0 Å². The van der Waals surface area contributed by atoms with Crippen LogP contribution in [0.15, 0.2) is 24.3 Å². The van der Waals surface area contributed by atoms with E-state index in [1.807, 2.05) is 0 Å². The summed E-state index contributed by atoms with van der Waals surface area (Å²) in [5.74, 6) is 2.94. The van der Waals surface area contributed by atoms with Crippen LogP contribution in [-0.4, -0.2) is 31.6 Å². The van der Waals surface area contributed by atoms with Crippen LogP contribution in [-0.2, 0) is 6.54 Å². The highest BCUT2D eigenvalue weighted by Crippen LogP contribution is 2.20. The molecule has 0 aliphatic carbocycles. The highest BCUT2D eigenvalue weighted by Gasteiger charge is 2.14. The molecular weight excluding hydrogens is 285 g/mol. The predicted octanol–water partition coefficient (Wildman–Crippen LogP) is 1.73. The minimum atomic E-state index is -0.282. The highest BCUT2D eigenvalue weighted by molar-refractivity contribution is 5.75. The quantitative estimate of drug-likeness (QED) is 0.686. The standard InChI is InChI=1S/C15H12FN5O/c1-3-8-22-15-13-14(17-10(2)18-15)21(20-19-13)9-11-4-6-12(16)7-5-11/h1,4-7H,8-9H2,2H3. The molecule has 1 aromatic carbocycles. The molecule has 0 bridgehead atoms. The minimum Gasteiger partial charge on any atom is -0.463 e. The molecule has 6 nitrogen and oxygen atoms in total. The first-order valence-electron chi connectivity index (χ1n) is 6.56. The van der Waals surface area contributed by atoms with Gasteiger partial charge in [0.1, 0.15) is 11.6 Å². The molecule has 0 atom stereocenters. The molecule has 2 heterocycles. The number of hydrogen-bond donors (Lipinski definition) is 0. The summed E-state index contributed by atoms with van der Waals surface area (Å²) >= 11 is 0. The molecule has 0 radical (unpaired) electrons. The third-order valence-corrected chi connectivity index (χ3v) is 2.98. The van der Waals surface area contributed by atoms with Crippen molar-refractivity contribution in [1.82, 2.24) is 25.0 Å². The molecule has 7 heteroatoms. The fourth-order valence-electron chi connectivity index (χ4n) is 2.02. The number of halogens is 1. The predicted molar refractivity (Wildman–Crippen MR) is 77.7 cm³/mol. The van der Waals surface area contributed by atoms with Crippen LogP contribution in [0.1, 0.15) is 11.4 Å². The van der Waals surface area contributed by atoms with E-state index < -0.39 is 0 Å². The number of ether oxygens (including phenoxy) is 1. The van der Waals surface area contributed by atoms with Gasteiger partial charge in [-0.25, -0.2) is 14.1 Å². The summed E-state index contributed by atoms with van der Waals surface area (Å²) in [5.41, 5.74) is 1.88. The van der Waals surface area contributed by atoms with Gasteiger partial charge in [-0.15, -0.1) is 11.5 Å². The van der Waals surface area contributed by atoms with E-state index in [0.717, 1.165) is 5.56 Å². The van der Waals surface area contributed by atoms with Gasteiger partial charge in [0.2, 0.25) is 5.88 Å². The Labute approximate surface area is 126 Å².